The smallest absolute Gasteiger partial charge is 0.332 e. The fraction of sp³-hybridized carbons (Fsp3) is 0.409. The first-order chi connectivity index (χ1) is 12.3. The lowest BCUT2D eigenvalue weighted by Gasteiger charge is -2.38. The largest absolute Gasteiger partial charge is 0.449 e. The second-order valence-corrected chi connectivity index (χ2v) is 7.43. The second kappa shape index (κ2) is 5.61. The molecule has 126 valence electrons. The van der Waals surface area contributed by atoms with Crippen molar-refractivity contribution in [2.45, 2.75) is 49.8 Å². The van der Waals surface area contributed by atoms with E-state index in [-0.39, 0.29) is 5.97 Å². The zero-order valence-corrected chi connectivity index (χ0v) is 14.2. The Labute approximate surface area is 148 Å². The lowest BCUT2D eigenvalue weighted by molar-refractivity contribution is -0.148. The molecule has 1 aromatic carbocycles. The zero-order valence-electron chi connectivity index (χ0n) is 14.2. The molecule has 1 unspecified atom stereocenters. The number of esters is 1. The van der Waals surface area contributed by atoms with Crippen LogP contribution in [0.3, 0.4) is 0 Å². The molecule has 3 atom stereocenters. The number of hydrogen-bond donors (Lipinski definition) is 0. The van der Waals surface area contributed by atoms with E-state index < -0.39 is 5.60 Å². The first-order valence-corrected chi connectivity index (χ1v) is 9.22. The molecule has 3 heterocycles. The minimum atomic E-state index is -0.437. The molecule has 5 rings (SSSR count). The van der Waals surface area contributed by atoms with Crippen molar-refractivity contribution >= 4 is 5.97 Å². The van der Waals surface area contributed by atoms with Crippen LogP contribution < -0.4 is 0 Å². The van der Waals surface area contributed by atoms with Gasteiger partial charge in [0.2, 0.25) is 0 Å². The Morgan fingerprint density at radius 1 is 1.24 bits per heavy atom. The van der Waals surface area contributed by atoms with Crippen LogP contribution >= 0.6 is 0 Å². The molecule has 3 nitrogen and oxygen atoms in total. The van der Waals surface area contributed by atoms with Crippen LogP contribution in [0.5, 0.6) is 0 Å². The quantitative estimate of drug-likeness (QED) is 0.585. The third-order valence-electron chi connectivity index (χ3n) is 6.03. The van der Waals surface area contributed by atoms with Crippen molar-refractivity contribution in [1.29, 1.82) is 0 Å². The van der Waals surface area contributed by atoms with E-state index in [1.807, 2.05) is 18.2 Å². The van der Waals surface area contributed by atoms with Crippen LogP contribution in [-0.4, -0.2) is 35.1 Å². The summed E-state index contributed by atoms with van der Waals surface area (Å²) in [5, 5.41) is 0. The van der Waals surface area contributed by atoms with E-state index >= 15 is 0 Å². The first kappa shape index (κ1) is 15.0. The molecule has 3 aliphatic heterocycles. The summed E-state index contributed by atoms with van der Waals surface area (Å²) in [4.78, 5) is 14.7. The Morgan fingerprint density at radius 3 is 3.00 bits per heavy atom. The van der Waals surface area contributed by atoms with Crippen molar-refractivity contribution in [2.24, 2.45) is 0 Å². The molecule has 2 bridgehead atoms. The molecule has 0 radical (unpaired) electrons. The minimum absolute atomic E-state index is 0.196. The molecule has 0 amide bonds. The monoisotopic (exact) mass is 331 g/mol. The van der Waals surface area contributed by atoms with Crippen molar-refractivity contribution < 1.29 is 9.53 Å². The normalized spacial score (nSPS) is 32.7. The number of carbonyl (C=O) groups is 1. The number of piperidine rings is 1. The molecular formula is C22H21NO2. The van der Waals surface area contributed by atoms with Gasteiger partial charge < -0.3 is 4.74 Å². The molecule has 3 heteroatoms. The van der Waals surface area contributed by atoms with E-state index in [2.05, 4.69) is 34.9 Å². The summed E-state index contributed by atoms with van der Waals surface area (Å²) in [6.45, 7) is 1.10. The molecule has 2 fully saturated rings. The minimum Gasteiger partial charge on any atom is -0.449 e. The standard InChI is InChI=1S/C22H21NO2/c24-21-14-19-17(10-6-9-16-7-2-1-3-8-16)13-18-15-22(19,25-21)20-11-4-5-12-23(18)20/h1-3,7-8,13-14,18,20H,4-5,9,11-12,15H2/t18-,20?,22+/m1/s1. The average molecular weight is 331 g/mol. The first-order valence-electron chi connectivity index (χ1n) is 9.22. The lowest BCUT2D eigenvalue weighted by atomic mass is 9.77. The summed E-state index contributed by atoms with van der Waals surface area (Å²) in [5.41, 5.74) is 2.82. The van der Waals surface area contributed by atoms with Gasteiger partial charge in [0.05, 0.1) is 6.04 Å². The molecule has 25 heavy (non-hydrogen) atoms. The third-order valence-corrected chi connectivity index (χ3v) is 6.03. The highest BCUT2D eigenvalue weighted by Crippen LogP contribution is 2.53. The maximum absolute atomic E-state index is 12.1. The van der Waals surface area contributed by atoms with Crippen LogP contribution in [0.25, 0.3) is 0 Å². The highest BCUT2D eigenvalue weighted by molar-refractivity contribution is 5.90. The third kappa shape index (κ3) is 2.28. The molecule has 0 saturated carbocycles. The van der Waals surface area contributed by atoms with Gasteiger partial charge in [0.1, 0.15) is 0 Å². The summed E-state index contributed by atoms with van der Waals surface area (Å²) in [7, 11) is 0. The van der Waals surface area contributed by atoms with E-state index in [0.29, 0.717) is 12.1 Å². The molecule has 4 aliphatic rings. The van der Waals surface area contributed by atoms with Crippen LogP contribution in [0.2, 0.25) is 0 Å². The van der Waals surface area contributed by atoms with Crippen LogP contribution in [0.4, 0.5) is 0 Å². The van der Waals surface area contributed by atoms with Crippen molar-refractivity contribution in [2.75, 3.05) is 6.54 Å². The Morgan fingerprint density at radius 2 is 2.12 bits per heavy atom. The highest BCUT2D eigenvalue weighted by atomic mass is 16.6. The molecule has 2 saturated heterocycles. The van der Waals surface area contributed by atoms with Gasteiger partial charge in [-0.25, -0.2) is 4.79 Å². The number of fused-ring (bicyclic) bond motifs is 3. The molecule has 0 aromatic heterocycles. The van der Waals surface area contributed by atoms with Crippen molar-refractivity contribution in [3.63, 3.8) is 0 Å². The number of carbonyl (C=O) groups excluding carboxylic acids is 1. The Bertz CT molecular complexity index is 842. The number of rotatable bonds is 1. The van der Waals surface area contributed by atoms with Gasteiger partial charge in [0, 0.05) is 36.1 Å². The van der Waals surface area contributed by atoms with E-state index in [1.165, 1.54) is 18.4 Å². The molecule has 1 aromatic rings. The number of benzene rings is 1. The van der Waals surface area contributed by atoms with E-state index in [1.54, 1.807) is 6.08 Å². The van der Waals surface area contributed by atoms with E-state index in [0.717, 1.165) is 37.0 Å². The molecular weight excluding hydrogens is 310 g/mol. The Hall–Kier alpha value is -2.31. The number of ether oxygens (including phenoxy) is 1. The topological polar surface area (TPSA) is 29.5 Å². The van der Waals surface area contributed by atoms with E-state index in [9.17, 15) is 4.79 Å². The van der Waals surface area contributed by atoms with Gasteiger partial charge >= 0.3 is 5.97 Å². The van der Waals surface area contributed by atoms with Crippen molar-refractivity contribution in [3.8, 4) is 11.8 Å². The van der Waals surface area contributed by atoms with Crippen LogP contribution in [0.15, 0.2) is 53.6 Å². The summed E-state index contributed by atoms with van der Waals surface area (Å²) >= 11 is 0. The summed E-state index contributed by atoms with van der Waals surface area (Å²) < 4.78 is 5.93. The molecule has 1 aliphatic carbocycles. The van der Waals surface area contributed by atoms with Gasteiger partial charge in [0.15, 0.2) is 5.60 Å². The van der Waals surface area contributed by atoms with Crippen LogP contribution in [-0.2, 0) is 16.0 Å². The van der Waals surface area contributed by atoms with Gasteiger partial charge in [-0.1, -0.05) is 54.7 Å². The van der Waals surface area contributed by atoms with E-state index in [4.69, 9.17) is 4.74 Å². The predicted octanol–water partition coefficient (Wildman–Crippen LogP) is 3.02. The molecule has 1 spiro atoms. The predicted molar refractivity (Wildman–Crippen MR) is 95.7 cm³/mol. The van der Waals surface area contributed by atoms with Gasteiger partial charge in [-0.05, 0) is 24.9 Å². The van der Waals surface area contributed by atoms with Gasteiger partial charge in [-0.15, -0.1) is 0 Å². The second-order valence-electron chi connectivity index (χ2n) is 7.43. The summed E-state index contributed by atoms with van der Waals surface area (Å²) in [6.07, 6.45) is 9.16. The van der Waals surface area contributed by atoms with Crippen LogP contribution in [0, 0.1) is 11.8 Å². The number of hydrogen-bond acceptors (Lipinski definition) is 3. The SMILES string of the molecule is O=C1C=C2C(C#CCc3ccccc3)=C[C@@H]3C[C@@]2(O1)C1CCCCN13. The average Bonchev–Trinajstić information content (AvgIpc) is 3.12. The maximum atomic E-state index is 12.1. The maximum Gasteiger partial charge on any atom is 0.332 e. The van der Waals surface area contributed by atoms with Gasteiger partial charge in [0.25, 0.3) is 0 Å². The summed E-state index contributed by atoms with van der Waals surface area (Å²) in [5.74, 6) is 6.46. The van der Waals surface area contributed by atoms with Crippen molar-refractivity contribution in [1.82, 2.24) is 4.90 Å². The van der Waals surface area contributed by atoms with Gasteiger partial charge in [-0.3, -0.25) is 4.90 Å². The Balaban J connectivity index is 1.49. The van der Waals surface area contributed by atoms with Crippen molar-refractivity contribution in [3.05, 3.63) is 59.2 Å². The molecule has 0 N–H and O–H groups in total. The fourth-order valence-electron chi connectivity index (χ4n) is 5.01. The zero-order chi connectivity index (χ0) is 16.9. The highest BCUT2D eigenvalue weighted by Gasteiger charge is 2.61. The number of nitrogens with zero attached hydrogens (tertiary/aromatic N) is 1. The fourth-order valence-corrected chi connectivity index (χ4v) is 5.01. The van der Waals surface area contributed by atoms with Crippen LogP contribution in [0.1, 0.15) is 31.2 Å². The lowest BCUT2D eigenvalue weighted by Crippen LogP contribution is -2.48. The summed E-state index contributed by atoms with van der Waals surface area (Å²) in [6, 6.07) is 11.0. The van der Waals surface area contributed by atoms with Gasteiger partial charge in [-0.2, -0.15) is 0 Å². The Kier molecular flexibility index (Phi) is 3.36.